The zero-order chi connectivity index (χ0) is 16.7. The fourth-order valence-electron chi connectivity index (χ4n) is 2.32. The van der Waals surface area contributed by atoms with Gasteiger partial charge in [0.25, 0.3) is 0 Å². The summed E-state index contributed by atoms with van der Waals surface area (Å²) in [6, 6.07) is 3.84. The first-order valence-corrected chi connectivity index (χ1v) is 7.89. The van der Waals surface area contributed by atoms with Crippen LogP contribution in [0.1, 0.15) is 73.9 Å². The van der Waals surface area contributed by atoms with E-state index < -0.39 is 5.97 Å². The second-order valence-corrected chi connectivity index (χ2v) is 5.88. The summed E-state index contributed by atoms with van der Waals surface area (Å²) in [5, 5.41) is 8.66. The lowest BCUT2D eigenvalue weighted by molar-refractivity contribution is -0.137. The molecule has 4 nitrogen and oxygen atoms in total. The summed E-state index contributed by atoms with van der Waals surface area (Å²) in [5.74, 6) is 0.243. The number of Topliss-reactive ketones (excluding diaryl/α,β-unsaturated/α-hetero) is 1. The Morgan fingerprint density at radius 2 is 1.91 bits per heavy atom. The highest BCUT2D eigenvalue weighted by atomic mass is 16.5. The molecule has 22 heavy (non-hydrogen) atoms. The number of carbonyl (C=O) groups is 2. The van der Waals surface area contributed by atoms with Crippen LogP contribution in [0.5, 0.6) is 5.75 Å². The van der Waals surface area contributed by atoms with Crippen LogP contribution < -0.4 is 4.74 Å². The second kappa shape index (κ2) is 8.57. The lowest BCUT2D eigenvalue weighted by atomic mass is 9.93. The van der Waals surface area contributed by atoms with Crippen molar-refractivity contribution in [1.29, 1.82) is 0 Å². The molecular formula is C18H26O4. The summed E-state index contributed by atoms with van der Waals surface area (Å²) >= 11 is 0. The maximum atomic E-state index is 12.3. The smallest absolute Gasteiger partial charge is 0.303 e. The number of ketones is 1. The third-order valence-electron chi connectivity index (χ3n) is 3.54. The number of aliphatic carboxylic acids is 1. The van der Waals surface area contributed by atoms with Gasteiger partial charge in [-0.05, 0) is 48.9 Å². The molecule has 4 heteroatoms. The topological polar surface area (TPSA) is 63.6 Å². The zero-order valence-electron chi connectivity index (χ0n) is 13.9. The molecule has 1 aromatic carbocycles. The molecule has 0 aliphatic carbocycles. The lowest BCUT2D eigenvalue weighted by Crippen LogP contribution is -2.07. The van der Waals surface area contributed by atoms with Crippen molar-refractivity contribution in [2.75, 3.05) is 6.61 Å². The molecule has 1 rings (SSSR count). The predicted octanol–water partition coefficient (Wildman–Crippen LogP) is 4.34. The molecule has 0 unspecified atom stereocenters. The van der Waals surface area contributed by atoms with Gasteiger partial charge >= 0.3 is 5.97 Å². The average Bonchev–Trinajstić information content (AvgIpc) is 2.44. The molecule has 0 bridgehead atoms. The Kier molecular flexibility index (Phi) is 7.09. The Balaban J connectivity index is 2.97. The minimum Gasteiger partial charge on any atom is -0.493 e. The van der Waals surface area contributed by atoms with Gasteiger partial charge in [-0.25, -0.2) is 0 Å². The van der Waals surface area contributed by atoms with Crippen LogP contribution in [-0.2, 0) is 4.79 Å². The molecule has 0 atom stereocenters. The highest BCUT2D eigenvalue weighted by molar-refractivity contribution is 5.98. The van der Waals surface area contributed by atoms with E-state index in [2.05, 4.69) is 20.8 Å². The molecule has 0 aliphatic heterocycles. The average molecular weight is 306 g/mol. The van der Waals surface area contributed by atoms with Crippen molar-refractivity contribution in [2.45, 2.75) is 59.3 Å². The number of rotatable bonds is 9. The number of carbonyl (C=O) groups excluding carboxylic acids is 1. The number of benzene rings is 1. The van der Waals surface area contributed by atoms with E-state index in [1.807, 2.05) is 19.1 Å². The number of carboxylic acid groups (broad SMARTS) is 1. The minimum absolute atomic E-state index is 0.00249. The highest BCUT2D eigenvalue weighted by Crippen LogP contribution is 2.30. The summed E-state index contributed by atoms with van der Waals surface area (Å²) < 4.78 is 5.79. The van der Waals surface area contributed by atoms with E-state index in [0.29, 0.717) is 18.6 Å². The van der Waals surface area contributed by atoms with Crippen molar-refractivity contribution < 1.29 is 19.4 Å². The van der Waals surface area contributed by atoms with E-state index in [0.717, 1.165) is 23.3 Å². The van der Waals surface area contributed by atoms with Gasteiger partial charge in [-0.2, -0.15) is 0 Å². The summed E-state index contributed by atoms with van der Waals surface area (Å²) in [7, 11) is 0. The number of ether oxygens (including phenoxy) is 1. The lowest BCUT2D eigenvalue weighted by Gasteiger charge is -2.17. The number of hydrogen-bond acceptors (Lipinski definition) is 3. The monoisotopic (exact) mass is 306 g/mol. The first-order chi connectivity index (χ1) is 10.4. The fraction of sp³-hybridized carbons (Fsp3) is 0.556. The van der Waals surface area contributed by atoms with E-state index in [-0.39, 0.29) is 24.5 Å². The third-order valence-corrected chi connectivity index (χ3v) is 3.54. The van der Waals surface area contributed by atoms with Gasteiger partial charge in [0.2, 0.25) is 0 Å². The van der Waals surface area contributed by atoms with Gasteiger partial charge in [0.15, 0.2) is 5.78 Å². The Labute approximate surface area is 132 Å². The first-order valence-electron chi connectivity index (χ1n) is 7.89. The summed E-state index contributed by atoms with van der Waals surface area (Å²) in [5.41, 5.74) is 2.59. The number of aryl methyl sites for hydroxylation is 1. The van der Waals surface area contributed by atoms with Crippen molar-refractivity contribution >= 4 is 11.8 Å². The molecule has 1 aromatic rings. The predicted molar refractivity (Wildman–Crippen MR) is 86.9 cm³/mol. The van der Waals surface area contributed by atoms with Crippen LogP contribution >= 0.6 is 0 Å². The van der Waals surface area contributed by atoms with Crippen molar-refractivity contribution in [3.05, 3.63) is 28.8 Å². The maximum absolute atomic E-state index is 12.3. The Morgan fingerprint density at radius 1 is 1.23 bits per heavy atom. The molecular weight excluding hydrogens is 280 g/mol. The summed E-state index contributed by atoms with van der Waals surface area (Å²) in [6.45, 7) is 8.75. The molecule has 122 valence electrons. The van der Waals surface area contributed by atoms with Gasteiger partial charge < -0.3 is 9.84 Å². The van der Waals surface area contributed by atoms with Gasteiger partial charge in [-0.3, -0.25) is 9.59 Å². The molecule has 0 heterocycles. The fourth-order valence-corrected chi connectivity index (χ4v) is 2.32. The number of hydrogen-bond donors (Lipinski definition) is 1. The minimum atomic E-state index is -0.865. The van der Waals surface area contributed by atoms with E-state index in [1.54, 1.807) is 0 Å². The Hall–Kier alpha value is -1.84. The summed E-state index contributed by atoms with van der Waals surface area (Å²) in [4.78, 5) is 22.9. The number of carboxylic acids is 1. The molecule has 0 fully saturated rings. The van der Waals surface area contributed by atoms with Gasteiger partial charge in [-0.15, -0.1) is 0 Å². The van der Waals surface area contributed by atoms with E-state index in [1.165, 1.54) is 0 Å². The molecule has 0 spiro atoms. The van der Waals surface area contributed by atoms with Crippen LogP contribution in [0.25, 0.3) is 0 Å². The van der Waals surface area contributed by atoms with Crippen molar-refractivity contribution in [2.24, 2.45) is 0 Å². The van der Waals surface area contributed by atoms with Crippen LogP contribution in [0.4, 0.5) is 0 Å². The van der Waals surface area contributed by atoms with Crippen molar-refractivity contribution in [3.63, 3.8) is 0 Å². The standard InChI is InChI=1S/C18H26O4/c1-5-9-22-17-10-13(4)15(11-14(17)12(2)3)16(19)7-6-8-18(20)21/h10-12H,5-9H2,1-4H3,(H,20,21). The van der Waals surface area contributed by atoms with Gasteiger partial charge in [0.05, 0.1) is 6.61 Å². The van der Waals surface area contributed by atoms with Crippen LogP contribution in [0, 0.1) is 6.92 Å². The van der Waals surface area contributed by atoms with Crippen LogP contribution in [0.15, 0.2) is 12.1 Å². The summed E-state index contributed by atoms with van der Waals surface area (Å²) in [6.07, 6.45) is 1.60. The van der Waals surface area contributed by atoms with Gasteiger partial charge in [0, 0.05) is 18.4 Å². The normalized spacial score (nSPS) is 10.8. The molecule has 0 radical (unpaired) electrons. The van der Waals surface area contributed by atoms with Gasteiger partial charge in [-0.1, -0.05) is 20.8 Å². The molecule has 0 aromatic heterocycles. The van der Waals surface area contributed by atoms with E-state index in [9.17, 15) is 9.59 Å². The van der Waals surface area contributed by atoms with E-state index in [4.69, 9.17) is 9.84 Å². The van der Waals surface area contributed by atoms with Crippen molar-refractivity contribution in [3.8, 4) is 5.75 Å². The van der Waals surface area contributed by atoms with Crippen molar-refractivity contribution in [1.82, 2.24) is 0 Å². The largest absolute Gasteiger partial charge is 0.493 e. The maximum Gasteiger partial charge on any atom is 0.303 e. The van der Waals surface area contributed by atoms with Crippen LogP contribution in [0.2, 0.25) is 0 Å². The SMILES string of the molecule is CCCOc1cc(C)c(C(=O)CCCC(=O)O)cc1C(C)C. The molecule has 0 saturated heterocycles. The van der Waals surface area contributed by atoms with Gasteiger partial charge in [0.1, 0.15) is 5.75 Å². The molecule has 0 aliphatic rings. The third kappa shape index (κ3) is 5.17. The quantitative estimate of drug-likeness (QED) is 0.689. The zero-order valence-corrected chi connectivity index (χ0v) is 13.9. The van der Waals surface area contributed by atoms with Crippen LogP contribution in [-0.4, -0.2) is 23.5 Å². The Morgan fingerprint density at radius 3 is 2.45 bits per heavy atom. The van der Waals surface area contributed by atoms with Crippen LogP contribution in [0.3, 0.4) is 0 Å². The molecule has 0 amide bonds. The second-order valence-electron chi connectivity index (χ2n) is 5.88. The highest BCUT2D eigenvalue weighted by Gasteiger charge is 2.16. The molecule has 0 saturated carbocycles. The van der Waals surface area contributed by atoms with E-state index >= 15 is 0 Å². The first kappa shape index (κ1) is 18.2. The molecule has 1 N–H and O–H groups in total. The Bertz CT molecular complexity index is 532.